The molecule has 0 fully saturated rings. The molecule has 0 saturated carbocycles. The first-order valence-corrected chi connectivity index (χ1v) is 33.5. The average Bonchev–Trinajstić information content (AvgIpc) is 3.47. The van der Waals surface area contributed by atoms with Gasteiger partial charge in [-0.05, 0) is 128 Å². The van der Waals surface area contributed by atoms with E-state index in [1.807, 2.05) is 0 Å². The molecule has 0 saturated heterocycles. The maximum absolute atomic E-state index is 12.9. The van der Waals surface area contributed by atoms with Crippen LogP contribution in [0.2, 0.25) is 0 Å². The Morgan fingerprint density at radius 2 is 0.476 bits per heavy atom. The molecule has 462 valence electrons. The highest BCUT2D eigenvalue weighted by Crippen LogP contribution is 2.16. The quantitative estimate of drug-likeness (QED) is 0.0261. The fourth-order valence-electron chi connectivity index (χ4n) is 8.84. The van der Waals surface area contributed by atoms with Crippen molar-refractivity contribution >= 4 is 17.9 Å². The highest BCUT2D eigenvalue weighted by atomic mass is 16.6. The molecule has 6 heteroatoms. The van der Waals surface area contributed by atoms with Crippen molar-refractivity contribution in [2.45, 2.75) is 290 Å². The second-order valence-corrected chi connectivity index (χ2v) is 21.6. The Kier molecular flexibility index (Phi) is 64.4. The zero-order chi connectivity index (χ0) is 59.2. The third-order valence-corrected chi connectivity index (χ3v) is 13.8. The predicted octanol–water partition coefficient (Wildman–Crippen LogP) is 23.3. The smallest absolute Gasteiger partial charge is 0.306 e. The van der Waals surface area contributed by atoms with E-state index in [9.17, 15) is 14.4 Å². The van der Waals surface area contributed by atoms with Crippen LogP contribution in [0, 0.1) is 0 Å². The number of carbonyl (C=O) groups excluding carboxylic acids is 3. The van der Waals surface area contributed by atoms with E-state index in [2.05, 4.69) is 179 Å². The van der Waals surface area contributed by atoms with Crippen LogP contribution >= 0.6 is 0 Å². The Morgan fingerprint density at radius 1 is 0.256 bits per heavy atom. The normalized spacial score (nSPS) is 13.2. The molecule has 0 amide bonds. The number of hydrogen-bond donors (Lipinski definition) is 0. The van der Waals surface area contributed by atoms with Gasteiger partial charge in [0, 0.05) is 19.3 Å². The standard InChI is InChI=1S/C76H122O6/c1-4-7-10-13-16-19-22-25-28-31-34-35-36-37-38-39-40-41-43-45-48-51-54-57-60-63-66-69-75(78)81-72-73(71-80-74(77)68-65-62-59-56-53-50-47-44-33-30-27-24-21-18-15-12-9-6-3)82-76(79)70-67-64-61-58-55-52-49-46-42-32-29-26-23-20-17-14-11-8-5-2/h7-8,10-11,16-17,19-20,25-26,28-29,34-35,37-38,40-42,45-46,48,52,54-55,57,73H,4-6,9,12-15,18,21-24,27,30-33,36,39,43-44,47,49-51,53,56,58-72H2,1-3H3/b10-7-,11-8-,19-16-,20-17-,28-25-,29-26-,35-34-,38-37-,41-40-,46-42-,48-45-,55-52-,57-54-. The van der Waals surface area contributed by atoms with Crippen LogP contribution in [0.3, 0.4) is 0 Å². The van der Waals surface area contributed by atoms with E-state index >= 15 is 0 Å². The van der Waals surface area contributed by atoms with Gasteiger partial charge in [0.25, 0.3) is 0 Å². The molecule has 0 heterocycles. The van der Waals surface area contributed by atoms with E-state index in [0.717, 1.165) is 135 Å². The van der Waals surface area contributed by atoms with Crippen LogP contribution in [-0.4, -0.2) is 37.2 Å². The fourth-order valence-corrected chi connectivity index (χ4v) is 8.84. The number of esters is 3. The van der Waals surface area contributed by atoms with Crippen LogP contribution in [0.5, 0.6) is 0 Å². The lowest BCUT2D eigenvalue weighted by Gasteiger charge is -2.18. The van der Waals surface area contributed by atoms with Gasteiger partial charge in [0.15, 0.2) is 6.10 Å². The summed E-state index contributed by atoms with van der Waals surface area (Å²) in [6.07, 6.45) is 99.7. The van der Waals surface area contributed by atoms with E-state index in [1.54, 1.807) is 0 Å². The Hall–Kier alpha value is -4.97. The number of rotatable bonds is 59. The molecule has 0 spiro atoms. The second kappa shape index (κ2) is 68.5. The lowest BCUT2D eigenvalue weighted by atomic mass is 10.0. The van der Waals surface area contributed by atoms with Crippen LogP contribution in [0.25, 0.3) is 0 Å². The summed E-state index contributed by atoms with van der Waals surface area (Å²) < 4.78 is 16.9. The van der Waals surface area contributed by atoms with Crippen molar-refractivity contribution in [3.05, 3.63) is 158 Å². The van der Waals surface area contributed by atoms with Gasteiger partial charge in [0.05, 0.1) is 0 Å². The molecule has 0 N–H and O–H groups in total. The summed E-state index contributed by atoms with van der Waals surface area (Å²) in [5, 5.41) is 0. The SMILES string of the molecule is CC/C=C\C/C=C\C/C=C\C/C=C\C/C=C\C/C=C\C/C=C\C/C=C\CCCCC(=O)OCC(COC(=O)CCCCCCCCCCCCCCCCCCCC)OC(=O)CCCCC/C=C\C/C=C\C/C=C\C/C=C\C/C=C\CC. The van der Waals surface area contributed by atoms with Crippen molar-refractivity contribution in [2.75, 3.05) is 13.2 Å². The van der Waals surface area contributed by atoms with Gasteiger partial charge in [-0.3, -0.25) is 14.4 Å². The van der Waals surface area contributed by atoms with Gasteiger partial charge in [-0.15, -0.1) is 0 Å². The van der Waals surface area contributed by atoms with Gasteiger partial charge in [0.2, 0.25) is 0 Å². The number of ether oxygens (including phenoxy) is 3. The highest BCUT2D eigenvalue weighted by Gasteiger charge is 2.19. The van der Waals surface area contributed by atoms with Gasteiger partial charge in [-0.1, -0.05) is 294 Å². The number of carbonyl (C=O) groups is 3. The molecule has 0 bridgehead atoms. The first-order chi connectivity index (χ1) is 40.5. The summed E-state index contributed by atoms with van der Waals surface area (Å²) in [5.41, 5.74) is 0. The zero-order valence-corrected chi connectivity index (χ0v) is 52.9. The maximum Gasteiger partial charge on any atom is 0.306 e. The summed E-state index contributed by atoms with van der Waals surface area (Å²) >= 11 is 0. The van der Waals surface area contributed by atoms with E-state index in [1.165, 1.54) is 96.3 Å². The van der Waals surface area contributed by atoms with E-state index < -0.39 is 6.10 Å². The van der Waals surface area contributed by atoms with Crippen LogP contribution < -0.4 is 0 Å². The Bertz CT molecular complexity index is 1830. The topological polar surface area (TPSA) is 78.9 Å². The minimum Gasteiger partial charge on any atom is -0.462 e. The van der Waals surface area contributed by atoms with Crippen molar-refractivity contribution in [1.82, 2.24) is 0 Å². The average molecular weight is 1130 g/mol. The third-order valence-electron chi connectivity index (χ3n) is 13.8. The van der Waals surface area contributed by atoms with Gasteiger partial charge in [-0.25, -0.2) is 0 Å². The monoisotopic (exact) mass is 1130 g/mol. The maximum atomic E-state index is 12.9. The highest BCUT2D eigenvalue weighted by molar-refractivity contribution is 5.71. The van der Waals surface area contributed by atoms with Gasteiger partial charge in [-0.2, -0.15) is 0 Å². The molecule has 6 nitrogen and oxygen atoms in total. The molecule has 0 aliphatic rings. The summed E-state index contributed by atoms with van der Waals surface area (Å²) in [6, 6.07) is 0. The summed E-state index contributed by atoms with van der Waals surface area (Å²) in [7, 11) is 0. The lowest BCUT2D eigenvalue weighted by Crippen LogP contribution is -2.30. The second-order valence-electron chi connectivity index (χ2n) is 21.6. The third kappa shape index (κ3) is 65.8. The van der Waals surface area contributed by atoms with Crippen LogP contribution in [0.1, 0.15) is 284 Å². The van der Waals surface area contributed by atoms with E-state index in [-0.39, 0.29) is 44.0 Å². The predicted molar refractivity (Wildman–Crippen MR) is 357 cm³/mol. The zero-order valence-electron chi connectivity index (χ0n) is 52.9. The number of unbranched alkanes of at least 4 members (excludes halogenated alkanes) is 22. The van der Waals surface area contributed by atoms with E-state index in [4.69, 9.17) is 14.2 Å². The van der Waals surface area contributed by atoms with Gasteiger partial charge in [0.1, 0.15) is 13.2 Å². The Balaban J connectivity index is 4.53. The van der Waals surface area contributed by atoms with Gasteiger partial charge < -0.3 is 14.2 Å². The first kappa shape index (κ1) is 77.0. The molecule has 0 aromatic rings. The van der Waals surface area contributed by atoms with Crippen molar-refractivity contribution in [1.29, 1.82) is 0 Å². The van der Waals surface area contributed by atoms with Crippen LogP contribution in [0.4, 0.5) is 0 Å². The van der Waals surface area contributed by atoms with Crippen molar-refractivity contribution in [2.24, 2.45) is 0 Å². The van der Waals surface area contributed by atoms with Gasteiger partial charge >= 0.3 is 17.9 Å². The molecule has 0 aliphatic heterocycles. The summed E-state index contributed by atoms with van der Waals surface area (Å²) in [5.74, 6) is -0.985. The molecule has 0 aliphatic carbocycles. The van der Waals surface area contributed by atoms with E-state index in [0.29, 0.717) is 19.3 Å². The molecule has 0 rings (SSSR count). The molecular weight excluding hydrogens is 1010 g/mol. The van der Waals surface area contributed by atoms with Crippen LogP contribution in [0.15, 0.2) is 158 Å². The molecule has 0 aromatic heterocycles. The van der Waals surface area contributed by atoms with Crippen LogP contribution in [-0.2, 0) is 28.6 Å². The summed E-state index contributed by atoms with van der Waals surface area (Å²) in [4.78, 5) is 38.4. The summed E-state index contributed by atoms with van der Waals surface area (Å²) in [6.45, 7) is 6.36. The minimum absolute atomic E-state index is 0.110. The van der Waals surface area contributed by atoms with Crippen molar-refractivity contribution in [3.8, 4) is 0 Å². The molecular formula is C76H122O6. The lowest BCUT2D eigenvalue weighted by molar-refractivity contribution is -0.167. The minimum atomic E-state index is -0.822. The molecule has 82 heavy (non-hydrogen) atoms. The number of hydrogen-bond acceptors (Lipinski definition) is 6. The number of allylic oxidation sites excluding steroid dienone is 26. The molecule has 0 radical (unpaired) electrons. The molecule has 1 atom stereocenters. The Morgan fingerprint density at radius 3 is 0.768 bits per heavy atom. The Labute approximate surface area is 505 Å². The largest absolute Gasteiger partial charge is 0.462 e. The first-order valence-electron chi connectivity index (χ1n) is 33.5. The molecule has 1 unspecified atom stereocenters. The van der Waals surface area contributed by atoms with Crippen molar-refractivity contribution < 1.29 is 28.6 Å². The molecule has 0 aromatic carbocycles. The fraction of sp³-hybridized carbons (Fsp3) is 0.618. The van der Waals surface area contributed by atoms with Crippen molar-refractivity contribution in [3.63, 3.8) is 0 Å².